The zero-order chi connectivity index (χ0) is 21.7. The predicted octanol–water partition coefficient (Wildman–Crippen LogP) is 4.30. The highest BCUT2D eigenvalue weighted by atomic mass is 16.6. The van der Waals surface area contributed by atoms with Gasteiger partial charge in [0.2, 0.25) is 0 Å². The van der Waals surface area contributed by atoms with Crippen LogP contribution in [0.4, 0.5) is 4.79 Å². The molecule has 0 bridgehead atoms. The van der Waals surface area contributed by atoms with Crippen molar-refractivity contribution in [3.63, 3.8) is 0 Å². The number of carbonyl (C=O) groups is 1. The molecule has 1 amide bonds. The Labute approximate surface area is 174 Å². The standard InChI is InChI=1S/C22H36N2O5/c1-21(2,3)29-20(25)24-18-16(9-10-22(18,4)5)15-13-17(19(27-7)23-14-15)28-12-8-11-26-6/h13-14,16,18H,8-12H2,1-7H3,(H,24,25). The first-order valence-corrected chi connectivity index (χ1v) is 10.2. The summed E-state index contributed by atoms with van der Waals surface area (Å²) in [5.41, 5.74) is 0.438. The number of hydrogen-bond donors (Lipinski definition) is 1. The number of hydrogen-bond acceptors (Lipinski definition) is 6. The molecule has 0 spiro atoms. The number of pyridine rings is 1. The smallest absolute Gasteiger partial charge is 0.407 e. The van der Waals surface area contributed by atoms with Crippen LogP contribution < -0.4 is 14.8 Å². The van der Waals surface area contributed by atoms with Crippen molar-refractivity contribution in [3.05, 3.63) is 17.8 Å². The second kappa shape index (κ2) is 9.65. The van der Waals surface area contributed by atoms with Gasteiger partial charge in [-0.15, -0.1) is 0 Å². The van der Waals surface area contributed by atoms with Crippen molar-refractivity contribution in [2.75, 3.05) is 27.4 Å². The molecule has 0 radical (unpaired) electrons. The van der Waals surface area contributed by atoms with Crippen LogP contribution in [0.3, 0.4) is 0 Å². The molecule has 7 nitrogen and oxygen atoms in total. The van der Waals surface area contributed by atoms with Crippen molar-refractivity contribution in [1.29, 1.82) is 0 Å². The van der Waals surface area contributed by atoms with Gasteiger partial charge in [-0.2, -0.15) is 0 Å². The Hall–Kier alpha value is -2.02. The summed E-state index contributed by atoms with van der Waals surface area (Å²) >= 11 is 0. The third-order valence-electron chi connectivity index (χ3n) is 5.23. The lowest BCUT2D eigenvalue weighted by atomic mass is 9.83. The fourth-order valence-electron chi connectivity index (χ4n) is 3.78. The summed E-state index contributed by atoms with van der Waals surface area (Å²) in [5, 5.41) is 3.10. The number of aromatic nitrogens is 1. The van der Waals surface area contributed by atoms with E-state index < -0.39 is 5.60 Å². The molecule has 1 fully saturated rings. The minimum absolute atomic E-state index is 0.0546. The van der Waals surface area contributed by atoms with Gasteiger partial charge in [-0.25, -0.2) is 9.78 Å². The first kappa shape index (κ1) is 23.3. The lowest BCUT2D eigenvalue weighted by Crippen LogP contribution is -2.46. The van der Waals surface area contributed by atoms with E-state index in [1.165, 1.54) is 0 Å². The van der Waals surface area contributed by atoms with Gasteiger partial charge in [-0.1, -0.05) is 13.8 Å². The number of carbonyl (C=O) groups excluding carboxylic acids is 1. The van der Waals surface area contributed by atoms with Gasteiger partial charge >= 0.3 is 6.09 Å². The SMILES string of the molecule is COCCCOc1cc(C2CCC(C)(C)C2NC(=O)OC(C)(C)C)cnc1OC. The molecule has 1 aliphatic carbocycles. The summed E-state index contributed by atoms with van der Waals surface area (Å²) in [7, 11) is 3.25. The maximum Gasteiger partial charge on any atom is 0.407 e. The van der Waals surface area contributed by atoms with Gasteiger partial charge in [0.15, 0.2) is 5.75 Å². The highest BCUT2D eigenvalue weighted by Gasteiger charge is 2.44. The van der Waals surface area contributed by atoms with Crippen LogP contribution in [-0.2, 0) is 9.47 Å². The van der Waals surface area contributed by atoms with E-state index in [0.717, 1.165) is 24.8 Å². The highest BCUT2D eigenvalue weighted by molar-refractivity contribution is 5.68. The molecule has 1 aromatic rings. The third kappa shape index (κ3) is 6.49. The van der Waals surface area contributed by atoms with Crippen LogP contribution in [-0.4, -0.2) is 50.2 Å². The van der Waals surface area contributed by atoms with Crippen molar-refractivity contribution >= 4 is 6.09 Å². The number of methoxy groups -OCH3 is 2. The maximum atomic E-state index is 12.4. The Kier molecular flexibility index (Phi) is 7.74. The number of nitrogens with zero attached hydrogens (tertiary/aromatic N) is 1. The molecule has 1 aliphatic rings. The largest absolute Gasteiger partial charge is 0.488 e. The average molecular weight is 409 g/mol. The van der Waals surface area contributed by atoms with Gasteiger partial charge in [0.1, 0.15) is 5.60 Å². The molecule has 164 valence electrons. The molecule has 2 unspecified atom stereocenters. The zero-order valence-corrected chi connectivity index (χ0v) is 18.8. The van der Waals surface area contributed by atoms with Gasteiger partial charge in [0, 0.05) is 38.3 Å². The molecule has 7 heteroatoms. The Balaban J connectivity index is 2.20. The van der Waals surface area contributed by atoms with E-state index in [2.05, 4.69) is 24.1 Å². The van der Waals surface area contributed by atoms with Crippen LogP contribution in [0.5, 0.6) is 11.6 Å². The summed E-state index contributed by atoms with van der Waals surface area (Å²) in [4.78, 5) is 16.9. The molecular formula is C22H36N2O5. The van der Waals surface area contributed by atoms with E-state index in [1.807, 2.05) is 33.0 Å². The number of amides is 1. The topological polar surface area (TPSA) is 78.9 Å². The van der Waals surface area contributed by atoms with Crippen LogP contribution in [0.15, 0.2) is 12.3 Å². The minimum atomic E-state index is -0.535. The van der Waals surface area contributed by atoms with Crippen LogP contribution in [0, 0.1) is 5.41 Å². The van der Waals surface area contributed by atoms with Gasteiger partial charge in [0.05, 0.1) is 13.7 Å². The number of rotatable bonds is 8. The highest BCUT2D eigenvalue weighted by Crippen LogP contribution is 2.47. The average Bonchev–Trinajstić information content (AvgIpc) is 2.91. The van der Waals surface area contributed by atoms with Crippen molar-refractivity contribution in [3.8, 4) is 11.6 Å². The molecule has 1 heterocycles. The van der Waals surface area contributed by atoms with E-state index in [-0.39, 0.29) is 23.5 Å². The monoisotopic (exact) mass is 408 g/mol. The molecule has 0 saturated heterocycles. The fraction of sp³-hybridized carbons (Fsp3) is 0.727. The molecular weight excluding hydrogens is 372 g/mol. The van der Waals surface area contributed by atoms with E-state index in [9.17, 15) is 4.79 Å². The lowest BCUT2D eigenvalue weighted by Gasteiger charge is -2.32. The second-order valence-corrected chi connectivity index (χ2v) is 9.23. The van der Waals surface area contributed by atoms with Crippen molar-refractivity contribution < 1.29 is 23.7 Å². The van der Waals surface area contributed by atoms with E-state index >= 15 is 0 Å². The minimum Gasteiger partial charge on any atom is -0.488 e. The summed E-state index contributed by atoms with van der Waals surface area (Å²) in [6.45, 7) is 11.1. The zero-order valence-electron chi connectivity index (χ0n) is 18.8. The first-order chi connectivity index (χ1) is 13.6. The molecule has 2 rings (SSSR count). The summed E-state index contributed by atoms with van der Waals surface area (Å²) in [6.07, 6.45) is 4.15. The molecule has 0 aliphatic heterocycles. The summed E-state index contributed by atoms with van der Waals surface area (Å²) in [6, 6.07) is 1.92. The number of alkyl carbamates (subject to hydrolysis) is 1. The van der Waals surface area contributed by atoms with Crippen molar-refractivity contribution in [2.45, 2.75) is 71.4 Å². The third-order valence-corrected chi connectivity index (χ3v) is 5.23. The second-order valence-electron chi connectivity index (χ2n) is 9.23. The quantitative estimate of drug-likeness (QED) is 0.646. The number of nitrogens with one attached hydrogen (secondary N) is 1. The van der Waals surface area contributed by atoms with E-state index in [0.29, 0.717) is 24.8 Å². The Morgan fingerprint density at radius 1 is 1.28 bits per heavy atom. The van der Waals surface area contributed by atoms with Gasteiger partial charge in [0.25, 0.3) is 5.88 Å². The molecule has 2 atom stereocenters. The Bertz CT molecular complexity index is 684. The van der Waals surface area contributed by atoms with Gasteiger partial charge in [-0.05, 0) is 50.7 Å². The van der Waals surface area contributed by atoms with Crippen molar-refractivity contribution in [1.82, 2.24) is 10.3 Å². The molecule has 1 saturated carbocycles. The Morgan fingerprint density at radius 2 is 2.00 bits per heavy atom. The van der Waals surface area contributed by atoms with Crippen molar-refractivity contribution in [2.24, 2.45) is 5.41 Å². The van der Waals surface area contributed by atoms with Crippen LogP contribution in [0.2, 0.25) is 0 Å². The van der Waals surface area contributed by atoms with E-state index in [1.54, 1.807) is 14.2 Å². The molecule has 0 aromatic carbocycles. The Morgan fingerprint density at radius 3 is 2.62 bits per heavy atom. The summed E-state index contributed by atoms with van der Waals surface area (Å²) < 4.78 is 21.8. The normalized spacial score (nSPS) is 20.9. The molecule has 29 heavy (non-hydrogen) atoms. The summed E-state index contributed by atoms with van der Waals surface area (Å²) in [5.74, 6) is 1.19. The number of ether oxygens (including phenoxy) is 4. The first-order valence-electron chi connectivity index (χ1n) is 10.2. The maximum absolute atomic E-state index is 12.4. The predicted molar refractivity (Wildman–Crippen MR) is 112 cm³/mol. The fourth-order valence-corrected chi connectivity index (χ4v) is 3.78. The van der Waals surface area contributed by atoms with Crippen LogP contribution in [0.25, 0.3) is 0 Å². The van der Waals surface area contributed by atoms with E-state index in [4.69, 9.17) is 18.9 Å². The lowest BCUT2D eigenvalue weighted by molar-refractivity contribution is 0.0465. The molecule has 1 N–H and O–H groups in total. The van der Waals surface area contributed by atoms with Crippen LogP contribution >= 0.6 is 0 Å². The molecule has 1 aromatic heterocycles. The van der Waals surface area contributed by atoms with Crippen LogP contribution in [0.1, 0.15) is 65.4 Å². The van der Waals surface area contributed by atoms with Gasteiger partial charge < -0.3 is 24.3 Å². The van der Waals surface area contributed by atoms with Gasteiger partial charge in [-0.3, -0.25) is 0 Å².